The Morgan fingerprint density at radius 1 is 1.47 bits per heavy atom. The fraction of sp³-hybridized carbons (Fsp3) is 0.417. The van der Waals surface area contributed by atoms with Gasteiger partial charge in [-0.2, -0.15) is 0 Å². The minimum Gasteiger partial charge on any atom is -0.465 e. The Kier molecular flexibility index (Phi) is 4.01. The van der Waals surface area contributed by atoms with Gasteiger partial charge in [0.2, 0.25) is 0 Å². The lowest BCUT2D eigenvalue weighted by atomic mass is 10.1. The van der Waals surface area contributed by atoms with Crippen LogP contribution in [0, 0.1) is 0 Å². The van der Waals surface area contributed by atoms with Crippen LogP contribution in [0.4, 0.5) is 5.69 Å². The SMILES string of the molecule is COC(=O)c1ccc(Cl)c(NC2CCS(=O)(=O)C2)c1. The van der Waals surface area contributed by atoms with Crippen LogP contribution in [0.25, 0.3) is 0 Å². The van der Waals surface area contributed by atoms with Crippen molar-refractivity contribution in [3.8, 4) is 0 Å². The van der Waals surface area contributed by atoms with Gasteiger partial charge < -0.3 is 10.1 Å². The molecule has 104 valence electrons. The van der Waals surface area contributed by atoms with Crippen LogP contribution in [0.15, 0.2) is 18.2 Å². The zero-order chi connectivity index (χ0) is 14.0. The molecule has 1 aromatic rings. The second-order valence-electron chi connectivity index (χ2n) is 4.43. The summed E-state index contributed by atoms with van der Waals surface area (Å²) in [6.45, 7) is 0. The van der Waals surface area contributed by atoms with Crippen LogP contribution >= 0.6 is 11.6 Å². The Balaban J connectivity index is 2.18. The average molecular weight is 304 g/mol. The predicted molar refractivity (Wildman–Crippen MR) is 73.5 cm³/mol. The first-order valence-electron chi connectivity index (χ1n) is 5.76. The molecule has 0 saturated carbocycles. The maximum absolute atomic E-state index is 11.4. The molecule has 1 fully saturated rings. The third-order valence-electron chi connectivity index (χ3n) is 2.98. The van der Waals surface area contributed by atoms with Crippen molar-refractivity contribution in [3.05, 3.63) is 28.8 Å². The fourth-order valence-corrected chi connectivity index (χ4v) is 3.85. The highest BCUT2D eigenvalue weighted by Crippen LogP contribution is 2.26. The minimum absolute atomic E-state index is 0.0891. The Labute approximate surface area is 116 Å². The summed E-state index contributed by atoms with van der Waals surface area (Å²) in [6, 6.07) is 4.54. The molecule has 2 rings (SSSR count). The summed E-state index contributed by atoms with van der Waals surface area (Å²) in [5.41, 5.74) is 0.918. The highest BCUT2D eigenvalue weighted by molar-refractivity contribution is 7.91. The summed E-state index contributed by atoms with van der Waals surface area (Å²) in [5, 5.41) is 3.51. The van der Waals surface area contributed by atoms with Crippen molar-refractivity contribution in [3.63, 3.8) is 0 Å². The number of sulfone groups is 1. The topological polar surface area (TPSA) is 72.5 Å². The van der Waals surface area contributed by atoms with E-state index in [9.17, 15) is 13.2 Å². The normalized spacial score (nSPS) is 21.1. The van der Waals surface area contributed by atoms with Gasteiger partial charge in [0.05, 0.1) is 34.9 Å². The minimum atomic E-state index is -2.96. The first-order valence-corrected chi connectivity index (χ1v) is 7.96. The van der Waals surface area contributed by atoms with Crippen LogP contribution in [-0.2, 0) is 14.6 Å². The molecule has 1 heterocycles. The average Bonchev–Trinajstić information content (AvgIpc) is 2.70. The number of hydrogen-bond acceptors (Lipinski definition) is 5. The van der Waals surface area contributed by atoms with Crippen molar-refractivity contribution in [1.82, 2.24) is 0 Å². The standard InChI is InChI=1S/C12H14ClNO4S/c1-18-12(15)8-2-3-10(13)11(6-8)14-9-4-5-19(16,17)7-9/h2-3,6,9,14H,4-5,7H2,1H3. The molecule has 7 heteroatoms. The van der Waals surface area contributed by atoms with Gasteiger partial charge in [-0.1, -0.05) is 11.6 Å². The molecule has 0 amide bonds. The van der Waals surface area contributed by atoms with Gasteiger partial charge in [-0.05, 0) is 24.6 Å². The fourth-order valence-electron chi connectivity index (χ4n) is 2.01. The molecule has 1 atom stereocenters. The maximum Gasteiger partial charge on any atom is 0.337 e. The van der Waals surface area contributed by atoms with Crippen LogP contribution in [0.3, 0.4) is 0 Å². The first kappa shape index (κ1) is 14.1. The Hall–Kier alpha value is -1.27. The molecule has 1 aromatic carbocycles. The summed E-state index contributed by atoms with van der Waals surface area (Å²) in [6.07, 6.45) is 0.543. The highest BCUT2D eigenvalue weighted by atomic mass is 35.5. The van der Waals surface area contributed by atoms with E-state index in [1.54, 1.807) is 18.2 Å². The lowest BCUT2D eigenvalue weighted by Crippen LogP contribution is -2.21. The maximum atomic E-state index is 11.4. The highest BCUT2D eigenvalue weighted by Gasteiger charge is 2.28. The molecular weight excluding hydrogens is 290 g/mol. The van der Waals surface area contributed by atoms with E-state index in [0.717, 1.165) is 0 Å². The summed E-state index contributed by atoms with van der Waals surface area (Å²) < 4.78 is 27.4. The van der Waals surface area contributed by atoms with Gasteiger partial charge >= 0.3 is 5.97 Å². The molecule has 0 spiro atoms. The molecule has 0 bridgehead atoms. The number of anilines is 1. The molecule has 0 aliphatic carbocycles. The number of methoxy groups -OCH3 is 1. The van der Waals surface area contributed by atoms with E-state index in [1.165, 1.54) is 7.11 Å². The molecule has 1 aliphatic heterocycles. The van der Waals surface area contributed by atoms with Crippen molar-refractivity contribution in [2.24, 2.45) is 0 Å². The smallest absolute Gasteiger partial charge is 0.337 e. The molecular formula is C12H14ClNO4S. The first-order chi connectivity index (χ1) is 8.91. The van der Waals surface area contributed by atoms with Crippen LogP contribution in [0.1, 0.15) is 16.8 Å². The summed E-state index contributed by atoms with van der Waals surface area (Å²) >= 11 is 6.03. The Morgan fingerprint density at radius 3 is 2.79 bits per heavy atom. The summed E-state index contributed by atoms with van der Waals surface area (Å²) in [5.74, 6) is -0.191. The van der Waals surface area contributed by atoms with Gasteiger partial charge in [-0.25, -0.2) is 13.2 Å². The van der Waals surface area contributed by atoms with E-state index in [0.29, 0.717) is 22.7 Å². The van der Waals surface area contributed by atoms with Gasteiger partial charge in [-0.15, -0.1) is 0 Å². The zero-order valence-electron chi connectivity index (χ0n) is 10.3. The third-order valence-corrected chi connectivity index (χ3v) is 5.08. The number of halogens is 1. The number of carbonyl (C=O) groups is 1. The molecule has 1 N–H and O–H groups in total. The predicted octanol–water partition coefficient (Wildman–Crippen LogP) is 1.73. The molecule has 19 heavy (non-hydrogen) atoms. The van der Waals surface area contributed by atoms with Gasteiger partial charge in [0.25, 0.3) is 0 Å². The molecule has 1 aliphatic rings. The lowest BCUT2D eigenvalue weighted by Gasteiger charge is -2.14. The quantitative estimate of drug-likeness (QED) is 0.861. The van der Waals surface area contributed by atoms with E-state index < -0.39 is 15.8 Å². The van der Waals surface area contributed by atoms with Gasteiger partial charge in [0.1, 0.15) is 0 Å². The number of nitrogens with one attached hydrogen (secondary N) is 1. The molecule has 1 saturated heterocycles. The monoisotopic (exact) mass is 303 g/mol. The van der Waals surface area contributed by atoms with E-state index >= 15 is 0 Å². The summed E-state index contributed by atoms with van der Waals surface area (Å²) in [4.78, 5) is 11.4. The van der Waals surface area contributed by atoms with Crippen molar-refractivity contribution < 1.29 is 17.9 Å². The third kappa shape index (κ3) is 3.39. The molecule has 5 nitrogen and oxygen atoms in total. The Morgan fingerprint density at radius 2 is 2.21 bits per heavy atom. The van der Waals surface area contributed by atoms with Crippen LogP contribution in [0.5, 0.6) is 0 Å². The van der Waals surface area contributed by atoms with Crippen molar-refractivity contribution in [1.29, 1.82) is 0 Å². The van der Waals surface area contributed by atoms with Crippen molar-refractivity contribution >= 4 is 33.1 Å². The number of rotatable bonds is 3. The number of carbonyl (C=O) groups excluding carboxylic acids is 1. The second kappa shape index (κ2) is 5.38. The van der Waals surface area contributed by atoms with Crippen molar-refractivity contribution in [2.75, 3.05) is 23.9 Å². The second-order valence-corrected chi connectivity index (χ2v) is 7.07. The van der Waals surface area contributed by atoms with Crippen LogP contribution in [-0.4, -0.2) is 39.0 Å². The lowest BCUT2D eigenvalue weighted by molar-refractivity contribution is 0.0601. The van der Waals surface area contributed by atoms with Crippen LogP contribution < -0.4 is 5.32 Å². The van der Waals surface area contributed by atoms with Gasteiger partial charge in [0.15, 0.2) is 9.84 Å². The molecule has 0 aromatic heterocycles. The summed E-state index contributed by atoms with van der Waals surface area (Å²) in [7, 11) is -1.66. The van der Waals surface area contributed by atoms with E-state index in [4.69, 9.17) is 11.6 Å². The molecule has 1 unspecified atom stereocenters. The van der Waals surface area contributed by atoms with E-state index in [-0.39, 0.29) is 17.5 Å². The molecule has 0 radical (unpaired) electrons. The van der Waals surface area contributed by atoms with Crippen molar-refractivity contribution in [2.45, 2.75) is 12.5 Å². The van der Waals surface area contributed by atoms with E-state index in [2.05, 4.69) is 10.1 Å². The van der Waals surface area contributed by atoms with Gasteiger partial charge in [-0.3, -0.25) is 0 Å². The zero-order valence-corrected chi connectivity index (χ0v) is 11.9. The van der Waals surface area contributed by atoms with Crippen LogP contribution in [0.2, 0.25) is 5.02 Å². The number of ether oxygens (including phenoxy) is 1. The Bertz CT molecular complexity index is 600. The number of esters is 1. The largest absolute Gasteiger partial charge is 0.465 e. The number of benzene rings is 1. The number of hydrogen-bond donors (Lipinski definition) is 1. The van der Waals surface area contributed by atoms with Gasteiger partial charge in [0, 0.05) is 6.04 Å². The van der Waals surface area contributed by atoms with E-state index in [1.807, 2.05) is 0 Å².